The molecule has 122 valence electrons. The SMILES string of the molecule is CC(C)(C)c1cccc(OCCNC(=O)C2CCNCC2)c1. The summed E-state index contributed by atoms with van der Waals surface area (Å²) < 4.78 is 5.75. The number of carbonyl (C=O) groups excluding carboxylic acids is 1. The summed E-state index contributed by atoms with van der Waals surface area (Å²) >= 11 is 0. The summed E-state index contributed by atoms with van der Waals surface area (Å²) in [6, 6.07) is 8.17. The third-order valence-corrected chi connectivity index (χ3v) is 4.08. The molecular weight excluding hydrogens is 276 g/mol. The molecule has 1 saturated heterocycles. The van der Waals surface area contributed by atoms with Gasteiger partial charge in [0, 0.05) is 5.92 Å². The quantitative estimate of drug-likeness (QED) is 0.822. The fourth-order valence-electron chi connectivity index (χ4n) is 2.62. The van der Waals surface area contributed by atoms with E-state index in [1.54, 1.807) is 0 Å². The second-order valence-electron chi connectivity index (χ2n) is 6.94. The van der Waals surface area contributed by atoms with E-state index in [0.29, 0.717) is 13.2 Å². The van der Waals surface area contributed by atoms with E-state index in [9.17, 15) is 4.79 Å². The molecule has 1 aliphatic heterocycles. The Labute approximate surface area is 133 Å². The highest BCUT2D eigenvalue weighted by molar-refractivity contribution is 5.78. The Hall–Kier alpha value is -1.55. The van der Waals surface area contributed by atoms with Gasteiger partial charge >= 0.3 is 0 Å². The smallest absolute Gasteiger partial charge is 0.223 e. The number of piperidine rings is 1. The average Bonchev–Trinajstić information content (AvgIpc) is 2.52. The first-order valence-electron chi connectivity index (χ1n) is 8.18. The number of rotatable bonds is 5. The van der Waals surface area contributed by atoms with Gasteiger partial charge in [-0.3, -0.25) is 4.79 Å². The normalized spacial score (nSPS) is 16.3. The molecular formula is C18H28N2O2. The standard InChI is InChI=1S/C18H28N2O2/c1-18(2,3)15-5-4-6-16(13-15)22-12-11-20-17(21)14-7-9-19-10-8-14/h4-6,13-14,19H,7-12H2,1-3H3,(H,20,21). The van der Waals surface area contributed by atoms with Gasteiger partial charge in [-0.15, -0.1) is 0 Å². The first-order valence-corrected chi connectivity index (χ1v) is 8.18. The molecule has 1 aromatic carbocycles. The first kappa shape index (κ1) is 16.8. The molecule has 4 nitrogen and oxygen atoms in total. The second kappa shape index (κ2) is 7.63. The van der Waals surface area contributed by atoms with E-state index >= 15 is 0 Å². The van der Waals surface area contributed by atoms with Crippen LogP contribution in [0.5, 0.6) is 5.75 Å². The van der Waals surface area contributed by atoms with Crippen molar-refractivity contribution in [2.24, 2.45) is 5.92 Å². The van der Waals surface area contributed by atoms with Crippen LogP contribution < -0.4 is 15.4 Å². The Morgan fingerprint density at radius 2 is 2.05 bits per heavy atom. The molecule has 1 fully saturated rings. The predicted molar refractivity (Wildman–Crippen MR) is 89.2 cm³/mol. The van der Waals surface area contributed by atoms with Gasteiger partial charge in [-0.25, -0.2) is 0 Å². The lowest BCUT2D eigenvalue weighted by Crippen LogP contribution is -2.39. The Bertz CT molecular complexity index is 488. The van der Waals surface area contributed by atoms with Gasteiger partial charge in [0.1, 0.15) is 12.4 Å². The van der Waals surface area contributed by atoms with Crippen molar-refractivity contribution in [1.82, 2.24) is 10.6 Å². The summed E-state index contributed by atoms with van der Waals surface area (Å²) in [7, 11) is 0. The van der Waals surface area contributed by atoms with E-state index in [1.807, 2.05) is 12.1 Å². The van der Waals surface area contributed by atoms with Crippen LogP contribution >= 0.6 is 0 Å². The number of ether oxygens (including phenoxy) is 1. The lowest BCUT2D eigenvalue weighted by molar-refractivity contribution is -0.125. The minimum Gasteiger partial charge on any atom is -0.492 e. The van der Waals surface area contributed by atoms with Gasteiger partial charge in [0.25, 0.3) is 0 Å². The number of hydrogen-bond acceptors (Lipinski definition) is 3. The summed E-state index contributed by atoms with van der Waals surface area (Å²) in [5.74, 6) is 1.18. The number of benzene rings is 1. The molecule has 0 unspecified atom stereocenters. The molecule has 4 heteroatoms. The molecule has 0 spiro atoms. The lowest BCUT2D eigenvalue weighted by Gasteiger charge is -2.22. The van der Waals surface area contributed by atoms with E-state index in [1.165, 1.54) is 5.56 Å². The molecule has 2 rings (SSSR count). The van der Waals surface area contributed by atoms with Crippen LogP contribution in [-0.2, 0) is 10.2 Å². The summed E-state index contributed by atoms with van der Waals surface area (Å²) in [5.41, 5.74) is 1.37. The Balaban J connectivity index is 1.73. The topological polar surface area (TPSA) is 50.4 Å². The van der Waals surface area contributed by atoms with Crippen LogP contribution in [0.1, 0.15) is 39.2 Å². The zero-order chi connectivity index (χ0) is 16.0. The molecule has 1 aliphatic rings. The minimum atomic E-state index is 0.114. The zero-order valence-corrected chi connectivity index (χ0v) is 13.9. The monoisotopic (exact) mass is 304 g/mol. The highest BCUT2D eigenvalue weighted by Crippen LogP contribution is 2.25. The third kappa shape index (κ3) is 5.02. The fraction of sp³-hybridized carbons (Fsp3) is 0.611. The molecule has 0 radical (unpaired) electrons. The van der Waals surface area contributed by atoms with Crippen LogP contribution in [0, 0.1) is 5.92 Å². The van der Waals surface area contributed by atoms with Gasteiger partial charge in [0.05, 0.1) is 6.54 Å². The Morgan fingerprint density at radius 3 is 2.73 bits per heavy atom. The molecule has 1 heterocycles. The van der Waals surface area contributed by atoms with Crippen molar-refractivity contribution < 1.29 is 9.53 Å². The van der Waals surface area contributed by atoms with Crippen molar-refractivity contribution in [3.63, 3.8) is 0 Å². The summed E-state index contributed by atoms with van der Waals surface area (Å²) in [6.07, 6.45) is 1.86. The van der Waals surface area contributed by atoms with Gasteiger partial charge in [0.2, 0.25) is 5.91 Å². The molecule has 1 aromatic rings. The number of nitrogens with one attached hydrogen (secondary N) is 2. The zero-order valence-electron chi connectivity index (χ0n) is 13.9. The van der Waals surface area contributed by atoms with E-state index in [0.717, 1.165) is 31.7 Å². The van der Waals surface area contributed by atoms with E-state index in [2.05, 4.69) is 43.5 Å². The van der Waals surface area contributed by atoms with Gasteiger partial charge in [-0.1, -0.05) is 32.9 Å². The van der Waals surface area contributed by atoms with Crippen LogP contribution in [0.4, 0.5) is 0 Å². The maximum absolute atomic E-state index is 12.0. The highest BCUT2D eigenvalue weighted by Gasteiger charge is 2.20. The van der Waals surface area contributed by atoms with Gasteiger partial charge < -0.3 is 15.4 Å². The predicted octanol–water partition coefficient (Wildman–Crippen LogP) is 2.48. The molecule has 22 heavy (non-hydrogen) atoms. The maximum atomic E-state index is 12.0. The Kier molecular flexibility index (Phi) is 5.83. The summed E-state index contributed by atoms with van der Waals surface area (Å²) in [5, 5.41) is 6.25. The van der Waals surface area contributed by atoms with Gasteiger partial charge in [-0.2, -0.15) is 0 Å². The van der Waals surface area contributed by atoms with Crippen LogP contribution in [0.15, 0.2) is 24.3 Å². The molecule has 0 atom stereocenters. The summed E-state index contributed by atoms with van der Waals surface area (Å²) in [6.45, 7) is 9.50. The maximum Gasteiger partial charge on any atom is 0.223 e. The van der Waals surface area contributed by atoms with Gasteiger partial charge in [0.15, 0.2) is 0 Å². The van der Waals surface area contributed by atoms with Crippen LogP contribution in [0.25, 0.3) is 0 Å². The number of hydrogen-bond donors (Lipinski definition) is 2. The van der Waals surface area contributed by atoms with Crippen LogP contribution in [-0.4, -0.2) is 32.1 Å². The minimum absolute atomic E-state index is 0.114. The van der Waals surface area contributed by atoms with E-state index in [4.69, 9.17) is 4.74 Å². The van der Waals surface area contributed by atoms with E-state index in [-0.39, 0.29) is 17.2 Å². The number of amides is 1. The van der Waals surface area contributed by atoms with E-state index < -0.39 is 0 Å². The molecule has 2 N–H and O–H groups in total. The van der Waals surface area contributed by atoms with Crippen molar-refractivity contribution in [3.05, 3.63) is 29.8 Å². The average molecular weight is 304 g/mol. The highest BCUT2D eigenvalue weighted by atomic mass is 16.5. The molecule has 0 bridgehead atoms. The van der Waals surface area contributed by atoms with Crippen LogP contribution in [0.3, 0.4) is 0 Å². The molecule has 0 aliphatic carbocycles. The van der Waals surface area contributed by atoms with Crippen LogP contribution in [0.2, 0.25) is 0 Å². The first-order chi connectivity index (χ1) is 10.5. The van der Waals surface area contributed by atoms with Crippen molar-refractivity contribution in [3.8, 4) is 5.75 Å². The van der Waals surface area contributed by atoms with Crippen molar-refractivity contribution in [2.45, 2.75) is 39.0 Å². The van der Waals surface area contributed by atoms with Gasteiger partial charge in [-0.05, 0) is 49.0 Å². The largest absolute Gasteiger partial charge is 0.492 e. The Morgan fingerprint density at radius 1 is 1.32 bits per heavy atom. The molecule has 0 aromatic heterocycles. The molecule has 1 amide bonds. The molecule has 0 saturated carbocycles. The third-order valence-electron chi connectivity index (χ3n) is 4.08. The summed E-state index contributed by atoms with van der Waals surface area (Å²) in [4.78, 5) is 12.0. The van der Waals surface area contributed by atoms with Crippen molar-refractivity contribution >= 4 is 5.91 Å². The fourth-order valence-corrected chi connectivity index (χ4v) is 2.62. The van der Waals surface area contributed by atoms with Crippen molar-refractivity contribution in [1.29, 1.82) is 0 Å². The second-order valence-corrected chi connectivity index (χ2v) is 6.94. The number of carbonyl (C=O) groups is 1. The lowest BCUT2D eigenvalue weighted by atomic mass is 9.87. The van der Waals surface area contributed by atoms with Crippen molar-refractivity contribution in [2.75, 3.05) is 26.2 Å².